The number of halogens is 1. The average Bonchev–Trinajstić information content (AvgIpc) is 3.48. The molecule has 2 amide bonds. The summed E-state index contributed by atoms with van der Waals surface area (Å²) in [6.45, 7) is 1.65. The van der Waals surface area contributed by atoms with E-state index in [4.69, 9.17) is 17.3 Å². The summed E-state index contributed by atoms with van der Waals surface area (Å²) in [5, 5.41) is 11.7. The minimum atomic E-state index is -0.241. The summed E-state index contributed by atoms with van der Waals surface area (Å²) in [4.78, 5) is 27.5. The fourth-order valence-electron chi connectivity index (χ4n) is 5.00. The van der Waals surface area contributed by atoms with Gasteiger partial charge in [0.2, 0.25) is 11.6 Å². The highest BCUT2D eigenvalue weighted by Gasteiger charge is 2.41. The van der Waals surface area contributed by atoms with Gasteiger partial charge in [-0.15, -0.1) is 10.2 Å². The van der Waals surface area contributed by atoms with Crippen molar-refractivity contribution in [3.05, 3.63) is 46.5 Å². The van der Waals surface area contributed by atoms with E-state index in [1.165, 1.54) is 5.56 Å². The lowest BCUT2D eigenvalue weighted by atomic mass is 9.68. The molecule has 9 heteroatoms. The second kappa shape index (κ2) is 7.91. The zero-order valence-electron chi connectivity index (χ0n) is 17.4. The van der Waals surface area contributed by atoms with Crippen molar-refractivity contribution in [2.45, 2.75) is 62.6 Å². The van der Waals surface area contributed by atoms with Crippen LogP contribution in [0.1, 0.15) is 65.3 Å². The monoisotopic (exact) mass is 442 g/mol. The van der Waals surface area contributed by atoms with Crippen molar-refractivity contribution in [2.24, 2.45) is 5.73 Å². The summed E-state index contributed by atoms with van der Waals surface area (Å²) in [5.41, 5.74) is 7.30. The fourth-order valence-corrected chi connectivity index (χ4v) is 5.19. The molecule has 31 heavy (non-hydrogen) atoms. The minimum absolute atomic E-state index is 0.103. The quantitative estimate of drug-likeness (QED) is 0.737. The van der Waals surface area contributed by atoms with Crippen molar-refractivity contribution in [1.82, 2.24) is 25.0 Å². The van der Waals surface area contributed by atoms with Crippen LogP contribution >= 0.6 is 11.6 Å². The number of amides is 2. The molecule has 0 saturated heterocycles. The number of hydrogen-bond donors (Lipinski definition) is 2. The molecule has 164 valence electrons. The Morgan fingerprint density at radius 3 is 2.65 bits per heavy atom. The normalized spacial score (nSPS) is 25.9. The van der Waals surface area contributed by atoms with Crippen LogP contribution in [0.15, 0.2) is 24.3 Å². The van der Waals surface area contributed by atoms with E-state index in [1.54, 1.807) is 4.57 Å². The summed E-state index contributed by atoms with van der Waals surface area (Å²) in [6.07, 6.45) is 5.55. The first-order chi connectivity index (χ1) is 15.0. The molecule has 1 aromatic heterocycles. The first-order valence-corrected chi connectivity index (χ1v) is 11.4. The molecular formula is C22H27ClN6O2. The molecule has 2 heterocycles. The standard InChI is InChI=1S/C22H27ClN6O2/c23-15-3-1-2-14(12-15)22(13-24)8-6-17(7-9-22)28-10-11-29-18(20(30)25-16-4-5-16)26-27-19(29)21(28)31/h1-3,12,16-17H,4-11,13,24H2,(H,25,30). The van der Waals surface area contributed by atoms with Gasteiger partial charge in [0.05, 0.1) is 0 Å². The van der Waals surface area contributed by atoms with Gasteiger partial charge < -0.3 is 16.0 Å². The Morgan fingerprint density at radius 1 is 1.19 bits per heavy atom. The smallest absolute Gasteiger partial charge is 0.292 e. The van der Waals surface area contributed by atoms with E-state index in [2.05, 4.69) is 21.6 Å². The molecule has 2 saturated carbocycles. The highest BCUT2D eigenvalue weighted by molar-refractivity contribution is 6.30. The van der Waals surface area contributed by atoms with Crippen molar-refractivity contribution in [3.8, 4) is 0 Å². The zero-order valence-corrected chi connectivity index (χ0v) is 18.1. The third kappa shape index (κ3) is 3.72. The van der Waals surface area contributed by atoms with Gasteiger partial charge in [-0.1, -0.05) is 23.7 Å². The van der Waals surface area contributed by atoms with Crippen LogP contribution < -0.4 is 11.1 Å². The maximum atomic E-state index is 13.2. The van der Waals surface area contributed by atoms with E-state index in [-0.39, 0.29) is 41.0 Å². The Balaban J connectivity index is 1.29. The van der Waals surface area contributed by atoms with Crippen LogP contribution in [0.5, 0.6) is 0 Å². The number of rotatable bonds is 5. The fraction of sp³-hybridized carbons (Fsp3) is 0.545. The molecule has 1 aromatic carbocycles. The van der Waals surface area contributed by atoms with Gasteiger partial charge in [-0.3, -0.25) is 14.2 Å². The van der Waals surface area contributed by atoms with Gasteiger partial charge in [0, 0.05) is 42.2 Å². The Morgan fingerprint density at radius 2 is 1.97 bits per heavy atom. The highest BCUT2D eigenvalue weighted by Crippen LogP contribution is 2.41. The number of carbonyl (C=O) groups is 2. The van der Waals surface area contributed by atoms with E-state index >= 15 is 0 Å². The maximum Gasteiger partial charge on any atom is 0.292 e. The number of nitrogens with zero attached hydrogens (tertiary/aromatic N) is 4. The zero-order chi connectivity index (χ0) is 21.6. The number of benzene rings is 1. The minimum Gasteiger partial charge on any atom is -0.347 e. The number of fused-ring (bicyclic) bond motifs is 1. The molecule has 0 radical (unpaired) electrons. The molecule has 2 fully saturated rings. The molecule has 3 N–H and O–H groups in total. The molecule has 3 aliphatic rings. The molecule has 2 aromatic rings. The number of nitrogens with two attached hydrogens (primary N) is 1. The van der Waals surface area contributed by atoms with Gasteiger partial charge in [0.25, 0.3) is 11.8 Å². The van der Waals surface area contributed by atoms with E-state index < -0.39 is 0 Å². The molecule has 0 spiro atoms. The number of carbonyl (C=O) groups excluding carboxylic acids is 2. The topological polar surface area (TPSA) is 106 Å². The van der Waals surface area contributed by atoms with Gasteiger partial charge in [-0.25, -0.2) is 0 Å². The largest absolute Gasteiger partial charge is 0.347 e. The Kier molecular flexibility index (Phi) is 5.22. The molecule has 0 bridgehead atoms. The molecule has 0 atom stereocenters. The number of nitrogens with one attached hydrogen (secondary N) is 1. The molecule has 0 unspecified atom stereocenters. The van der Waals surface area contributed by atoms with Gasteiger partial charge in [-0.2, -0.15) is 0 Å². The van der Waals surface area contributed by atoms with Gasteiger partial charge in [0.15, 0.2) is 0 Å². The van der Waals surface area contributed by atoms with Crippen molar-refractivity contribution in [3.63, 3.8) is 0 Å². The summed E-state index contributed by atoms with van der Waals surface area (Å²) in [7, 11) is 0. The second-order valence-corrected chi connectivity index (χ2v) is 9.41. The lowest BCUT2D eigenvalue weighted by Crippen LogP contribution is -2.51. The summed E-state index contributed by atoms with van der Waals surface area (Å²) < 4.78 is 1.66. The first-order valence-electron chi connectivity index (χ1n) is 11.0. The van der Waals surface area contributed by atoms with Crippen molar-refractivity contribution in [2.75, 3.05) is 13.1 Å². The average molecular weight is 443 g/mol. The van der Waals surface area contributed by atoms with E-state index in [9.17, 15) is 9.59 Å². The highest BCUT2D eigenvalue weighted by atomic mass is 35.5. The SMILES string of the molecule is NCC1(c2cccc(Cl)c2)CCC(N2CCn3c(C(=O)NC4CC4)nnc3C2=O)CC1. The Labute approximate surface area is 186 Å². The predicted octanol–water partition coefficient (Wildman–Crippen LogP) is 2.12. The lowest BCUT2D eigenvalue weighted by molar-refractivity contribution is 0.0521. The summed E-state index contributed by atoms with van der Waals surface area (Å²) in [5.74, 6) is 0.117. The van der Waals surface area contributed by atoms with Gasteiger partial charge in [-0.05, 0) is 56.2 Å². The third-order valence-electron chi connectivity index (χ3n) is 7.06. The number of hydrogen-bond acceptors (Lipinski definition) is 5. The van der Waals surface area contributed by atoms with Crippen LogP contribution in [-0.2, 0) is 12.0 Å². The van der Waals surface area contributed by atoms with Crippen LogP contribution in [0.3, 0.4) is 0 Å². The lowest BCUT2D eigenvalue weighted by Gasteiger charge is -2.44. The maximum absolute atomic E-state index is 13.2. The third-order valence-corrected chi connectivity index (χ3v) is 7.30. The summed E-state index contributed by atoms with van der Waals surface area (Å²) in [6, 6.07) is 8.34. The Bertz CT molecular complexity index is 1010. The van der Waals surface area contributed by atoms with Crippen molar-refractivity contribution in [1.29, 1.82) is 0 Å². The molecule has 5 rings (SSSR count). The first kappa shape index (κ1) is 20.5. The molecule has 1 aliphatic heterocycles. The number of aromatic nitrogens is 3. The van der Waals surface area contributed by atoms with Crippen molar-refractivity contribution < 1.29 is 9.59 Å². The van der Waals surface area contributed by atoms with Crippen LogP contribution in [0, 0.1) is 0 Å². The van der Waals surface area contributed by atoms with Crippen LogP contribution in [0.4, 0.5) is 0 Å². The van der Waals surface area contributed by atoms with E-state index in [1.807, 2.05) is 23.1 Å². The van der Waals surface area contributed by atoms with Crippen molar-refractivity contribution >= 4 is 23.4 Å². The van der Waals surface area contributed by atoms with E-state index in [0.717, 1.165) is 43.5 Å². The molecule has 2 aliphatic carbocycles. The Hall–Kier alpha value is -2.45. The van der Waals surface area contributed by atoms with Crippen LogP contribution in [-0.4, -0.2) is 56.7 Å². The van der Waals surface area contributed by atoms with Gasteiger partial charge in [0.1, 0.15) is 0 Å². The molecular weight excluding hydrogens is 416 g/mol. The second-order valence-electron chi connectivity index (χ2n) is 8.97. The van der Waals surface area contributed by atoms with Gasteiger partial charge >= 0.3 is 0 Å². The van der Waals surface area contributed by atoms with E-state index in [0.29, 0.717) is 19.6 Å². The predicted molar refractivity (Wildman–Crippen MR) is 116 cm³/mol. The van der Waals surface area contributed by atoms with Crippen LogP contribution in [0.25, 0.3) is 0 Å². The molecule has 8 nitrogen and oxygen atoms in total. The van der Waals surface area contributed by atoms with Crippen LogP contribution in [0.2, 0.25) is 5.02 Å². The summed E-state index contributed by atoms with van der Waals surface area (Å²) >= 11 is 6.22.